The van der Waals surface area contributed by atoms with Crippen LogP contribution in [0.1, 0.15) is 46.0 Å². The third-order valence-corrected chi connectivity index (χ3v) is 1.51. The molecular weight excluding hydrogens is 154 g/mol. The van der Waals surface area contributed by atoms with Crippen molar-refractivity contribution < 1.29 is 9.90 Å². The van der Waals surface area contributed by atoms with Crippen LogP contribution in [-0.4, -0.2) is 17.6 Å². The predicted molar refractivity (Wildman–Crippen MR) is 51.1 cm³/mol. The van der Waals surface area contributed by atoms with Crippen molar-refractivity contribution in [2.45, 2.75) is 52.0 Å². The van der Waals surface area contributed by atoms with Gasteiger partial charge >= 0.3 is 0 Å². The lowest BCUT2D eigenvalue weighted by Crippen LogP contribution is -2.13. The molecule has 3 N–H and O–H groups in total. The molecule has 0 aromatic carbocycles. The van der Waals surface area contributed by atoms with Gasteiger partial charge in [-0.25, -0.2) is 0 Å². The third-order valence-electron chi connectivity index (χ3n) is 1.51. The molecule has 0 bridgehead atoms. The van der Waals surface area contributed by atoms with Gasteiger partial charge in [0.2, 0.25) is 0 Å². The van der Waals surface area contributed by atoms with Gasteiger partial charge in [-0.2, -0.15) is 0 Å². The van der Waals surface area contributed by atoms with E-state index in [4.69, 9.17) is 15.6 Å². The van der Waals surface area contributed by atoms with E-state index in [0.717, 1.165) is 0 Å². The molecule has 0 heterocycles. The van der Waals surface area contributed by atoms with Crippen LogP contribution in [0, 0.1) is 0 Å². The summed E-state index contributed by atoms with van der Waals surface area (Å²) in [6, 6.07) is 0.404. The molecule has 1 unspecified atom stereocenters. The van der Waals surface area contributed by atoms with Crippen molar-refractivity contribution in [3.8, 4) is 0 Å². The predicted octanol–water partition coefficient (Wildman–Crippen LogP) is 2.00. The van der Waals surface area contributed by atoms with Crippen molar-refractivity contribution in [3.05, 3.63) is 0 Å². The molecule has 0 saturated carbocycles. The number of nitrogens with two attached hydrogens (primary N) is 1. The van der Waals surface area contributed by atoms with Gasteiger partial charge in [0, 0.05) is 6.04 Å². The first-order valence-electron chi connectivity index (χ1n) is 4.52. The lowest BCUT2D eigenvalue weighted by atomic mass is 10.1. The Bertz CT molecular complexity index is 84.6. The second kappa shape index (κ2) is 13.1. The highest BCUT2D eigenvalue weighted by molar-refractivity contribution is 5.32. The fourth-order valence-electron chi connectivity index (χ4n) is 0.893. The standard InChI is InChI=1S/C8H19N.CH2O2/c1-3-4-5-6-7-8(2)9;2-1-3/h8H,3-7,9H2,1-2H3;1H,(H,2,3). The average molecular weight is 175 g/mol. The minimum absolute atomic E-state index is 0.250. The number of unbranched alkanes of at least 4 members (excludes halogenated alkanes) is 3. The van der Waals surface area contributed by atoms with Crippen molar-refractivity contribution in [1.29, 1.82) is 0 Å². The van der Waals surface area contributed by atoms with Crippen LogP contribution in [-0.2, 0) is 4.79 Å². The second-order valence-electron chi connectivity index (χ2n) is 2.93. The highest BCUT2D eigenvalue weighted by Crippen LogP contribution is 2.03. The van der Waals surface area contributed by atoms with Crippen LogP contribution < -0.4 is 5.73 Å². The van der Waals surface area contributed by atoms with Gasteiger partial charge < -0.3 is 10.8 Å². The molecule has 0 fully saturated rings. The van der Waals surface area contributed by atoms with Gasteiger partial charge in [0.1, 0.15) is 0 Å². The monoisotopic (exact) mass is 175 g/mol. The minimum Gasteiger partial charge on any atom is -0.483 e. The molecule has 0 aromatic heterocycles. The molecule has 12 heavy (non-hydrogen) atoms. The molecule has 0 rings (SSSR count). The first-order chi connectivity index (χ1) is 5.68. The Morgan fingerprint density at radius 2 is 1.92 bits per heavy atom. The van der Waals surface area contributed by atoms with Crippen LogP contribution in [0.3, 0.4) is 0 Å². The van der Waals surface area contributed by atoms with Crippen LogP contribution in [0.25, 0.3) is 0 Å². The van der Waals surface area contributed by atoms with Gasteiger partial charge in [0.25, 0.3) is 6.47 Å². The normalized spacial score (nSPS) is 11.2. The quantitative estimate of drug-likeness (QED) is 0.496. The van der Waals surface area contributed by atoms with Crippen LogP contribution >= 0.6 is 0 Å². The molecule has 1 atom stereocenters. The van der Waals surface area contributed by atoms with Crippen molar-refractivity contribution in [1.82, 2.24) is 0 Å². The molecule has 3 heteroatoms. The second-order valence-corrected chi connectivity index (χ2v) is 2.93. The molecule has 0 aliphatic rings. The molecule has 74 valence electrons. The summed E-state index contributed by atoms with van der Waals surface area (Å²) in [5.74, 6) is 0. The zero-order valence-electron chi connectivity index (χ0n) is 8.12. The maximum atomic E-state index is 8.36. The number of carbonyl (C=O) groups is 1. The Morgan fingerprint density at radius 3 is 2.25 bits per heavy atom. The van der Waals surface area contributed by atoms with Crippen LogP contribution in [0.5, 0.6) is 0 Å². The number of hydrogen-bond acceptors (Lipinski definition) is 2. The van der Waals surface area contributed by atoms with Crippen molar-refractivity contribution >= 4 is 6.47 Å². The van der Waals surface area contributed by atoms with Crippen LogP contribution in [0.15, 0.2) is 0 Å². The van der Waals surface area contributed by atoms with E-state index >= 15 is 0 Å². The average Bonchev–Trinajstić information content (AvgIpc) is 1.99. The minimum atomic E-state index is -0.250. The number of carboxylic acid groups (broad SMARTS) is 1. The summed E-state index contributed by atoms with van der Waals surface area (Å²) in [7, 11) is 0. The summed E-state index contributed by atoms with van der Waals surface area (Å²) in [5.41, 5.74) is 5.57. The molecule has 0 saturated heterocycles. The summed E-state index contributed by atoms with van der Waals surface area (Å²) in [6.07, 6.45) is 6.55. The third kappa shape index (κ3) is 22.7. The van der Waals surface area contributed by atoms with E-state index in [9.17, 15) is 0 Å². The molecular formula is C9H21NO2. The molecule has 0 radical (unpaired) electrons. The first-order valence-corrected chi connectivity index (χ1v) is 4.52. The summed E-state index contributed by atoms with van der Waals surface area (Å²) in [5, 5.41) is 6.89. The van der Waals surface area contributed by atoms with Gasteiger partial charge in [-0.3, -0.25) is 4.79 Å². The maximum Gasteiger partial charge on any atom is 0.290 e. The van der Waals surface area contributed by atoms with Crippen molar-refractivity contribution in [3.63, 3.8) is 0 Å². The maximum absolute atomic E-state index is 8.36. The summed E-state index contributed by atoms with van der Waals surface area (Å²) in [6.45, 7) is 4.05. The molecule has 0 aromatic rings. The van der Waals surface area contributed by atoms with E-state index in [1.165, 1.54) is 32.1 Å². The molecule has 3 nitrogen and oxygen atoms in total. The van der Waals surface area contributed by atoms with Gasteiger partial charge in [0.15, 0.2) is 0 Å². The van der Waals surface area contributed by atoms with E-state index in [1.807, 2.05) is 0 Å². The molecule has 0 aliphatic heterocycles. The van der Waals surface area contributed by atoms with E-state index in [0.29, 0.717) is 6.04 Å². The van der Waals surface area contributed by atoms with Crippen LogP contribution in [0.4, 0.5) is 0 Å². The summed E-state index contributed by atoms with van der Waals surface area (Å²) < 4.78 is 0. The highest BCUT2D eigenvalue weighted by atomic mass is 16.3. The molecule has 0 amide bonds. The Labute approximate surface area is 75.0 Å². The SMILES string of the molecule is CCCCCCC(C)N.O=CO. The largest absolute Gasteiger partial charge is 0.483 e. The topological polar surface area (TPSA) is 63.3 Å². The first kappa shape index (κ1) is 14.0. The Morgan fingerprint density at radius 1 is 1.42 bits per heavy atom. The highest BCUT2D eigenvalue weighted by Gasteiger charge is 1.91. The van der Waals surface area contributed by atoms with Crippen molar-refractivity contribution in [2.24, 2.45) is 5.73 Å². The zero-order valence-corrected chi connectivity index (χ0v) is 8.12. The van der Waals surface area contributed by atoms with Gasteiger partial charge in [0.05, 0.1) is 0 Å². The van der Waals surface area contributed by atoms with Gasteiger partial charge in [-0.15, -0.1) is 0 Å². The number of hydrogen-bond donors (Lipinski definition) is 2. The van der Waals surface area contributed by atoms with E-state index in [2.05, 4.69) is 13.8 Å². The fraction of sp³-hybridized carbons (Fsp3) is 0.889. The van der Waals surface area contributed by atoms with Gasteiger partial charge in [-0.1, -0.05) is 32.6 Å². The Balaban J connectivity index is 0. The number of rotatable bonds is 5. The smallest absolute Gasteiger partial charge is 0.290 e. The lowest BCUT2D eigenvalue weighted by molar-refractivity contribution is -0.122. The summed E-state index contributed by atoms with van der Waals surface area (Å²) in [4.78, 5) is 8.36. The fourth-order valence-corrected chi connectivity index (χ4v) is 0.893. The molecule has 0 aliphatic carbocycles. The lowest BCUT2D eigenvalue weighted by Gasteiger charge is -2.02. The zero-order chi connectivity index (χ0) is 9.82. The van der Waals surface area contributed by atoms with E-state index < -0.39 is 0 Å². The molecule has 0 spiro atoms. The Hall–Kier alpha value is -0.570. The van der Waals surface area contributed by atoms with Crippen LogP contribution in [0.2, 0.25) is 0 Å². The summed E-state index contributed by atoms with van der Waals surface area (Å²) >= 11 is 0. The van der Waals surface area contributed by atoms with E-state index in [-0.39, 0.29) is 6.47 Å². The van der Waals surface area contributed by atoms with Crippen molar-refractivity contribution in [2.75, 3.05) is 0 Å². The van der Waals surface area contributed by atoms with Gasteiger partial charge in [-0.05, 0) is 13.3 Å². The van der Waals surface area contributed by atoms with E-state index in [1.54, 1.807) is 0 Å². The Kier molecular flexibility index (Phi) is 15.2.